The van der Waals surface area contributed by atoms with Crippen LogP contribution in [0.2, 0.25) is 0 Å². The van der Waals surface area contributed by atoms with E-state index in [1.54, 1.807) is 71.4 Å². The van der Waals surface area contributed by atoms with Gasteiger partial charge >= 0.3 is 0 Å². The Morgan fingerprint density at radius 1 is 0.897 bits per heavy atom. The zero-order valence-electron chi connectivity index (χ0n) is 21.0. The summed E-state index contributed by atoms with van der Waals surface area (Å²) < 4.78 is 1.76. The molecule has 9 nitrogen and oxygen atoms in total. The van der Waals surface area contributed by atoms with Crippen LogP contribution < -0.4 is 10.7 Å². The molecular weight excluding hydrogens is 494 g/mol. The molecule has 0 aliphatic rings. The van der Waals surface area contributed by atoms with Gasteiger partial charge < -0.3 is 9.88 Å². The summed E-state index contributed by atoms with van der Waals surface area (Å²) in [5.41, 5.74) is 5.90. The smallest absolute Gasteiger partial charge is 0.287 e. The first kappa shape index (κ1) is 26.5. The Labute approximate surface area is 225 Å². The number of hydrazone groups is 1. The number of nitrogens with one attached hydrogen (secondary N) is 2. The highest BCUT2D eigenvalue weighted by atomic mass is 16.6. The van der Waals surface area contributed by atoms with E-state index in [0.717, 1.165) is 11.1 Å². The average Bonchev–Trinajstić information content (AvgIpc) is 3.42. The third-order valence-corrected chi connectivity index (χ3v) is 5.58. The lowest BCUT2D eigenvalue weighted by atomic mass is 10.1. The molecule has 0 bridgehead atoms. The lowest BCUT2D eigenvalue weighted by Gasteiger charge is -2.10. The summed E-state index contributed by atoms with van der Waals surface area (Å²) in [6, 6.07) is 27.8. The molecule has 1 aromatic heterocycles. The minimum Gasteiger partial charge on any atom is -0.317 e. The predicted molar refractivity (Wildman–Crippen MR) is 150 cm³/mol. The second-order valence-electron chi connectivity index (χ2n) is 8.45. The molecule has 0 saturated carbocycles. The number of aromatic nitrogens is 1. The molecule has 0 unspecified atom stereocenters. The summed E-state index contributed by atoms with van der Waals surface area (Å²) in [6.45, 7) is 1.83. The van der Waals surface area contributed by atoms with E-state index in [0.29, 0.717) is 16.9 Å². The molecule has 2 N–H and O–H groups in total. The number of nitrogens with zero attached hydrogens (tertiary/aromatic N) is 3. The van der Waals surface area contributed by atoms with Gasteiger partial charge in [-0.05, 0) is 60.5 Å². The summed E-state index contributed by atoms with van der Waals surface area (Å²) in [7, 11) is 0. The van der Waals surface area contributed by atoms with E-state index in [-0.39, 0.29) is 11.4 Å². The van der Waals surface area contributed by atoms with Gasteiger partial charge in [0.25, 0.3) is 17.5 Å². The third kappa shape index (κ3) is 7.23. The number of rotatable bonds is 9. The number of carbonyl (C=O) groups is 2. The molecule has 9 heteroatoms. The van der Waals surface area contributed by atoms with Crippen LogP contribution in [0, 0.1) is 10.1 Å². The average molecular weight is 520 g/mol. The number of benzene rings is 3. The fourth-order valence-corrected chi connectivity index (χ4v) is 3.71. The molecule has 0 aliphatic heterocycles. The highest BCUT2D eigenvalue weighted by molar-refractivity contribution is 6.03. The summed E-state index contributed by atoms with van der Waals surface area (Å²) in [4.78, 5) is 36.3. The Morgan fingerprint density at radius 3 is 2.23 bits per heavy atom. The van der Waals surface area contributed by atoms with Crippen LogP contribution in [0.25, 0.3) is 11.8 Å². The molecule has 2 amide bonds. The standard InChI is InChI=1S/C30H25N5O4/c1-22(19-23-9-4-2-5-10-23)20-28(32-29(36)24-11-6-3-7-12-24)30(37)33-31-21-27-13-8-18-34(27)25-14-16-26(17-15-25)35(38)39/h2-21H,1H3,(H,32,36)(H,33,37)/b22-19+,28-20+,31-21?. The number of allylic oxidation sites excluding steroid dienone is 2. The van der Waals surface area contributed by atoms with Crippen LogP contribution in [0.5, 0.6) is 0 Å². The van der Waals surface area contributed by atoms with Crippen molar-refractivity contribution < 1.29 is 14.5 Å². The summed E-state index contributed by atoms with van der Waals surface area (Å²) in [5.74, 6) is -1.04. The van der Waals surface area contributed by atoms with Gasteiger partial charge in [-0.25, -0.2) is 5.43 Å². The van der Waals surface area contributed by atoms with Crippen molar-refractivity contribution in [2.45, 2.75) is 6.92 Å². The van der Waals surface area contributed by atoms with Gasteiger partial charge in [0.2, 0.25) is 0 Å². The predicted octanol–water partition coefficient (Wildman–Crippen LogP) is 5.25. The second kappa shape index (κ2) is 12.6. The Hall–Kier alpha value is -5.57. The van der Waals surface area contributed by atoms with Gasteiger partial charge in [-0.15, -0.1) is 0 Å². The van der Waals surface area contributed by atoms with E-state index in [9.17, 15) is 19.7 Å². The van der Waals surface area contributed by atoms with Crippen molar-refractivity contribution in [1.29, 1.82) is 0 Å². The van der Waals surface area contributed by atoms with Crippen LogP contribution >= 0.6 is 0 Å². The number of nitro benzene ring substituents is 1. The molecular formula is C30H25N5O4. The minimum absolute atomic E-state index is 0.0122. The number of non-ortho nitro benzene ring substituents is 1. The van der Waals surface area contributed by atoms with Crippen molar-refractivity contribution in [2.24, 2.45) is 5.10 Å². The van der Waals surface area contributed by atoms with Gasteiger partial charge in [-0.2, -0.15) is 5.10 Å². The number of hydrogen-bond donors (Lipinski definition) is 2. The lowest BCUT2D eigenvalue weighted by molar-refractivity contribution is -0.384. The van der Waals surface area contributed by atoms with E-state index >= 15 is 0 Å². The maximum Gasteiger partial charge on any atom is 0.287 e. The maximum atomic E-state index is 13.1. The molecule has 39 heavy (non-hydrogen) atoms. The van der Waals surface area contributed by atoms with E-state index in [2.05, 4.69) is 15.8 Å². The van der Waals surface area contributed by atoms with Gasteiger partial charge in [-0.1, -0.05) is 54.6 Å². The van der Waals surface area contributed by atoms with E-state index < -0.39 is 16.7 Å². The zero-order valence-corrected chi connectivity index (χ0v) is 21.0. The summed E-state index contributed by atoms with van der Waals surface area (Å²) in [5, 5.41) is 17.7. The molecule has 0 aliphatic carbocycles. The molecule has 0 spiro atoms. The highest BCUT2D eigenvalue weighted by Gasteiger charge is 2.14. The van der Waals surface area contributed by atoms with Crippen LogP contribution in [0.3, 0.4) is 0 Å². The normalized spacial score (nSPS) is 11.8. The summed E-state index contributed by atoms with van der Waals surface area (Å²) in [6.07, 6.45) is 6.69. The molecule has 3 aromatic carbocycles. The first-order valence-electron chi connectivity index (χ1n) is 12.0. The van der Waals surface area contributed by atoms with Crippen molar-refractivity contribution >= 4 is 29.8 Å². The van der Waals surface area contributed by atoms with Crippen molar-refractivity contribution in [1.82, 2.24) is 15.3 Å². The van der Waals surface area contributed by atoms with Gasteiger partial charge in [0.05, 0.1) is 16.8 Å². The highest BCUT2D eigenvalue weighted by Crippen LogP contribution is 2.17. The Kier molecular flexibility index (Phi) is 8.56. The van der Waals surface area contributed by atoms with Crippen molar-refractivity contribution in [2.75, 3.05) is 0 Å². The first-order chi connectivity index (χ1) is 18.9. The molecule has 0 radical (unpaired) electrons. The Morgan fingerprint density at radius 2 is 1.56 bits per heavy atom. The molecule has 194 valence electrons. The van der Waals surface area contributed by atoms with Crippen LogP contribution in [0.1, 0.15) is 28.5 Å². The fraction of sp³-hybridized carbons (Fsp3) is 0.0333. The first-order valence-corrected chi connectivity index (χ1v) is 12.0. The third-order valence-electron chi connectivity index (χ3n) is 5.58. The Bertz CT molecular complexity index is 1550. The molecule has 1 heterocycles. The largest absolute Gasteiger partial charge is 0.317 e. The molecule has 0 atom stereocenters. The van der Waals surface area contributed by atoms with E-state index in [1.165, 1.54) is 18.3 Å². The van der Waals surface area contributed by atoms with Crippen molar-refractivity contribution in [3.63, 3.8) is 0 Å². The van der Waals surface area contributed by atoms with Crippen LogP contribution in [-0.4, -0.2) is 27.5 Å². The molecule has 4 aromatic rings. The lowest BCUT2D eigenvalue weighted by Crippen LogP contribution is -2.33. The number of hydrogen-bond acceptors (Lipinski definition) is 5. The second-order valence-corrected chi connectivity index (χ2v) is 8.45. The van der Waals surface area contributed by atoms with E-state index in [4.69, 9.17) is 0 Å². The minimum atomic E-state index is -0.607. The number of nitro groups is 1. The number of carbonyl (C=O) groups excluding carboxylic acids is 2. The molecule has 0 saturated heterocycles. The topological polar surface area (TPSA) is 119 Å². The number of amides is 2. The van der Waals surface area contributed by atoms with Gasteiger partial charge in [0.1, 0.15) is 5.70 Å². The monoisotopic (exact) mass is 519 g/mol. The van der Waals surface area contributed by atoms with Gasteiger partial charge in [-0.3, -0.25) is 19.7 Å². The Balaban J connectivity index is 1.53. The SMILES string of the molecule is CC(=C\c1ccccc1)/C=C(/NC(=O)c1ccccc1)C(=O)NN=Cc1cccn1-c1ccc([N+](=O)[O-])cc1. The molecule has 4 rings (SSSR count). The zero-order chi connectivity index (χ0) is 27.6. The maximum absolute atomic E-state index is 13.1. The van der Waals surface area contributed by atoms with Crippen LogP contribution in [0.15, 0.2) is 126 Å². The van der Waals surface area contributed by atoms with Crippen LogP contribution in [-0.2, 0) is 4.79 Å². The van der Waals surface area contributed by atoms with Crippen molar-refractivity contribution in [3.8, 4) is 5.69 Å². The molecule has 0 fully saturated rings. The quantitative estimate of drug-likeness (QED) is 0.103. The van der Waals surface area contributed by atoms with Gasteiger partial charge in [0.15, 0.2) is 0 Å². The summed E-state index contributed by atoms with van der Waals surface area (Å²) >= 11 is 0. The van der Waals surface area contributed by atoms with Crippen LogP contribution in [0.4, 0.5) is 5.69 Å². The van der Waals surface area contributed by atoms with E-state index in [1.807, 2.05) is 43.3 Å². The van der Waals surface area contributed by atoms with Crippen molar-refractivity contribution in [3.05, 3.63) is 148 Å². The fourth-order valence-electron chi connectivity index (χ4n) is 3.71. The van der Waals surface area contributed by atoms with Gasteiger partial charge in [0, 0.05) is 29.6 Å².